The van der Waals surface area contributed by atoms with Gasteiger partial charge in [-0.15, -0.1) is 22.0 Å². The van der Waals surface area contributed by atoms with E-state index in [1.807, 2.05) is 6.92 Å². The summed E-state index contributed by atoms with van der Waals surface area (Å²) in [6, 6.07) is -0.834. The van der Waals surface area contributed by atoms with E-state index in [1.165, 1.54) is 27.8 Å². The Morgan fingerprint density at radius 1 is 1.72 bits per heavy atom. The van der Waals surface area contributed by atoms with E-state index in [4.69, 9.17) is 0 Å². The molecule has 9 heteroatoms. The van der Waals surface area contributed by atoms with Crippen molar-refractivity contribution < 1.29 is 14.7 Å². The van der Waals surface area contributed by atoms with Crippen molar-refractivity contribution in [3.05, 3.63) is 6.33 Å². The van der Waals surface area contributed by atoms with E-state index in [9.17, 15) is 14.7 Å². The lowest BCUT2D eigenvalue weighted by Crippen LogP contribution is -2.58. The van der Waals surface area contributed by atoms with E-state index in [0.29, 0.717) is 13.0 Å². The lowest BCUT2D eigenvalue weighted by molar-refractivity contribution is -0.157. The van der Waals surface area contributed by atoms with E-state index in [-0.39, 0.29) is 11.3 Å². The summed E-state index contributed by atoms with van der Waals surface area (Å²) in [5.74, 6) is -1.09. The maximum absolute atomic E-state index is 11.5. The molecule has 1 aromatic rings. The van der Waals surface area contributed by atoms with Crippen molar-refractivity contribution in [1.29, 1.82) is 0 Å². The Morgan fingerprint density at radius 3 is 3.06 bits per heavy atom. The van der Waals surface area contributed by atoms with E-state index in [2.05, 4.69) is 15.4 Å². The third kappa shape index (κ3) is 1.50. The molecule has 8 nitrogen and oxygen atoms in total. The number of β-lactam (4-membered cyclic amide) rings is 1. The summed E-state index contributed by atoms with van der Waals surface area (Å²) in [6.45, 7) is 2.14. The Labute approximate surface area is 106 Å². The van der Waals surface area contributed by atoms with Crippen LogP contribution in [0.3, 0.4) is 0 Å². The molecule has 2 fully saturated rings. The number of hydrogen-bond donors (Lipinski definition) is 1. The molecule has 0 saturated carbocycles. The third-order valence-corrected chi connectivity index (χ3v) is 4.85. The molecule has 2 aliphatic heterocycles. The highest BCUT2D eigenvalue weighted by atomic mass is 32.2. The van der Waals surface area contributed by atoms with Gasteiger partial charge in [0.2, 0.25) is 5.91 Å². The van der Waals surface area contributed by atoms with E-state index < -0.39 is 16.8 Å². The minimum absolute atomic E-state index is 0.0351. The quantitative estimate of drug-likeness (QED) is 0.716. The maximum atomic E-state index is 11.5. The van der Waals surface area contributed by atoms with Gasteiger partial charge in [-0.25, -0.2) is 4.79 Å². The van der Waals surface area contributed by atoms with Crippen molar-refractivity contribution in [3.8, 4) is 0 Å². The van der Waals surface area contributed by atoms with Crippen LogP contribution in [0.4, 0.5) is 0 Å². The van der Waals surface area contributed by atoms with Crippen LogP contribution in [0.2, 0.25) is 0 Å². The molecule has 0 aromatic carbocycles. The van der Waals surface area contributed by atoms with E-state index in [1.54, 1.807) is 0 Å². The van der Waals surface area contributed by atoms with Crippen LogP contribution >= 0.6 is 11.8 Å². The molecule has 1 N–H and O–H groups in total. The summed E-state index contributed by atoms with van der Waals surface area (Å²) in [6.07, 6.45) is 1.72. The van der Waals surface area contributed by atoms with Crippen molar-refractivity contribution in [3.63, 3.8) is 0 Å². The number of carbonyl (C=O) groups is 2. The first-order chi connectivity index (χ1) is 8.51. The van der Waals surface area contributed by atoms with Crippen molar-refractivity contribution in [2.75, 3.05) is 0 Å². The van der Waals surface area contributed by atoms with Gasteiger partial charge in [0.25, 0.3) is 0 Å². The maximum Gasteiger partial charge on any atom is 0.327 e. The molecule has 3 unspecified atom stereocenters. The minimum Gasteiger partial charge on any atom is -0.480 e. The van der Waals surface area contributed by atoms with Crippen LogP contribution in [0.25, 0.3) is 0 Å². The Morgan fingerprint density at radius 2 is 2.50 bits per heavy atom. The Kier molecular flexibility index (Phi) is 2.34. The number of amides is 1. The first-order valence-electron chi connectivity index (χ1n) is 5.44. The third-order valence-electron chi connectivity index (χ3n) is 3.29. The van der Waals surface area contributed by atoms with Gasteiger partial charge >= 0.3 is 5.97 Å². The van der Waals surface area contributed by atoms with Gasteiger partial charge in [0, 0.05) is 0 Å². The SMILES string of the molecule is CC1(Cn2ncnn2)SC2CC(=O)N2C1C(=O)O. The largest absolute Gasteiger partial charge is 0.480 e. The van der Waals surface area contributed by atoms with Gasteiger partial charge in [-0.1, -0.05) is 0 Å². The second kappa shape index (κ2) is 3.67. The molecule has 3 rings (SSSR count). The number of nitrogens with zero attached hydrogens (tertiary/aromatic N) is 5. The molecule has 2 aliphatic rings. The average Bonchev–Trinajstić information content (AvgIpc) is 2.83. The second-order valence-electron chi connectivity index (χ2n) is 4.60. The number of carbonyl (C=O) groups excluding carboxylic acids is 1. The number of carboxylic acids is 1. The number of aliphatic carboxylic acids is 1. The first kappa shape index (κ1) is 11.5. The van der Waals surface area contributed by atoms with Crippen LogP contribution in [-0.2, 0) is 16.1 Å². The van der Waals surface area contributed by atoms with E-state index >= 15 is 0 Å². The molecular formula is C9H11N5O3S. The number of hydrogen-bond acceptors (Lipinski definition) is 6. The van der Waals surface area contributed by atoms with E-state index in [0.717, 1.165) is 0 Å². The van der Waals surface area contributed by atoms with Gasteiger partial charge in [-0.3, -0.25) is 4.79 Å². The average molecular weight is 269 g/mol. The highest BCUT2D eigenvalue weighted by Gasteiger charge is 2.60. The first-order valence-corrected chi connectivity index (χ1v) is 6.32. The molecule has 18 heavy (non-hydrogen) atoms. The number of rotatable bonds is 3. The van der Waals surface area contributed by atoms with Gasteiger partial charge in [-0.05, 0) is 12.1 Å². The fourth-order valence-electron chi connectivity index (χ4n) is 2.53. The molecule has 3 heterocycles. The zero-order valence-electron chi connectivity index (χ0n) is 9.55. The van der Waals surface area contributed by atoms with Crippen LogP contribution in [0.1, 0.15) is 13.3 Å². The van der Waals surface area contributed by atoms with Crippen LogP contribution in [-0.4, -0.2) is 58.3 Å². The van der Waals surface area contributed by atoms with Crippen LogP contribution in [0.15, 0.2) is 6.33 Å². The van der Waals surface area contributed by atoms with Gasteiger partial charge in [0.1, 0.15) is 6.04 Å². The molecule has 0 aliphatic carbocycles. The molecule has 0 bridgehead atoms. The molecule has 1 aromatic heterocycles. The zero-order chi connectivity index (χ0) is 12.9. The lowest BCUT2D eigenvalue weighted by atomic mass is 9.96. The summed E-state index contributed by atoms with van der Waals surface area (Å²) in [7, 11) is 0. The Balaban J connectivity index is 1.90. The number of aromatic nitrogens is 4. The fraction of sp³-hybridized carbons (Fsp3) is 0.667. The molecule has 0 radical (unpaired) electrons. The summed E-state index contributed by atoms with van der Waals surface area (Å²) in [4.78, 5) is 25.7. The Hall–Kier alpha value is -1.64. The number of carboxylic acid groups (broad SMARTS) is 1. The topological polar surface area (TPSA) is 101 Å². The molecule has 2 saturated heterocycles. The summed E-state index contributed by atoms with van der Waals surface area (Å²) in [5.41, 5.74) is 0. The molecule has 3 atom stereocenters. The highest BCUT2D eigenvalue weighted by Crippen LogP contribution is 2.51. The van der Waals surface area contributed by atoms with Crippen molar-refractivity contribution >= 4 is 23.6 Å². The molecule has 1 amide bonds. The van der Waals surface area contributed by atoms with Crippen LogP contribution in [0, 0.1) is 0 Å². The van der Waals surface area contributed by atoms with Crippen LogP contribution < -0.4 is 0 Å². The number of tetrazole rings is 1. The summed E-state index contributed by atoms with van der Waals surface area (Å²) in [5, 5.41) is 20.6. The number of thioether (sulfide) groups is 1. The standard InChI is InChI=1S/C9H11N5O3S/c1-9(3-13-11-4-10-12-13)7(8(16)17)14-5(15)2-6(14)18-9/h4,6-7H,2-3H2,1H3,(H,16,17). The summed E-state index contributed by atoms with van der Waals surface area (Å²) >= 11 is 1.50. The van der Waals surface area contributed by atoms with Crippen molar-refractivity contribution in [2.45, 2.75) is 36.1 Å². The minimum atomic E-state index is -0.985. The van der Waals surface area contributed by atoms with Gasteiger partial charge in [-0.2, -0.15) is 4.80 Å². The predicted molar refractivity (Wildman–Crippen MR) is 60.5 cm³/mol. The fourth-order valence-corrected chi connectivity index (χ4v) is 4.26. The predicted octanol–water partition coefficient (Wildman–Crippen LogP) is -0.810. The highest BCUT2D eigenvalue weighted by molar-refractivity contribution is 8.01. The zero-order valence-corrected chi connectivity index (χ0v) is 10.4. The normalized spacial score (nSPS) is 34.3. The summed E-state index contributed by atoms with van der Waals surface area (Å²) < 4.78 is -0.636. The van der Waals surface area contributed by atoms with Gasteiger partial charge in [0.15, 0.2) is 6.33 Å². The second-order valence-corrected chi connectivity index (χ2v) is 6.31. The number of fused-ring (bicyclic) bond motifs is 1. The van der Waals surface area contributed by atoms with Gasteiger partial charge in [0.05, 0.1) is 23.1 Å². The van der Waals surface area contributed by atoms with Gasteiger partial charge < -0.3 is 10.0 Å². The monoisotopic (exact) mass is 269 g/mol. The molecule has 0 spiro atoms. The van der Waals surface area contributed by atoms with Crippen LogP contribution in [0.5, 0.6) is 0 Å². The van der Waals surface area contributed by atoms with Crippen molar-refractivity contribution in [2.24, 2.45) is 0 Å². The Bertz CT molecular complexity index is 506. The van der Waals surface area contributed by atoms with Crippen molar-refractivity contribution in [1.82, 2.24) is 25.1 Å². The lowest BCUT2D eigenvalue weighted by Gasteiger charge is -2.36. The molecule has 96 valence electrons. The smallest absolute Gasteiger partial charge is 0.327 e. The molecular weight excluding hydrogens is 258 g/mol.